The van der Waals surface area contributed by atoms with Crippen molar-refractivity contribution in [3.63, 3.8) is 0 Å². The second kappa shape index (κ2) is 48.1. The van der Waals surface area contributed by atoms with Gasteiger partial charge in [-0.05, 0) is 152 Å². The van der Waals surface area contributed by atoms with Crippen molar-refractivity contribution in [1.29, 1.82) is 0 Å². The molecule has 0 aliphatic heterocycles. The normalized spacial score (nSPS) is 10.2. The minimum absolute atomic E-state index is 0. The monoisotopic (exact) mass is 1710 g/mol. The number of aldehydes is 1. The Balaban J connectivity index is 0.000000202. The lowest BCUT2D eigenvalue weighted by molar-refractivity contribution is -0.0000280. The zero-order valence-corrected chi connectivity index (χ0v) is 66.9. The molecular formula is C91H86Br5N2O5P. The molecule has 0 aromatic heterocycles. The first kappa shape index (κ1) is 83.9. The molecule has 0 unspecified atom stereocenters. The van der Waals surface area contributed by atoms with Crippen molar-refractivity contribution in [2.45, 2.75) is 53.8 Å². The molecule has 0 radical (unpaired) electrons. The number of carbonyl (C=O) groups excluding carboxylic acids is 1. The van der Waals surface area contributed by atoms with E-state index in [1.54, 1.807) is 24.3 Å². The number of alkyl halides is 4. The quantitative estimate of drug-likeness (QED) is 0.0148. The first-order valence-electron chi connectivity index (χ1n) is 33.3. The molecule has 0 spiro atoms. The maximum atomic E-state index is 10.8. The van der Waals surface area contributed by atoms with E-state index in [-0.39, 0.29) is 17.0 Å². The summed E-state index contributed by atoms with van der Waals surface area (Å²) >= 11 is 13.8. The van der Waals surface area contributed by atoms with Crippen molar-refractivity contribution < 1.29 is 41.2 Å². The Hall–Kier alpha value is -9.07. The molecule has 0 aliphatic carbocycles. The molecular weight excluding hydrogens is 1630 g/mol. The Kier molecular flexibility index (Phi) is 38.8. The Morgan fingerprint density at radius 2 is 0.654 bits per heavy atom. The molecule has 0 amide bonds. The average molecular weight is 1720 g/mol. The van der Waals surface area contributed by atoms with E-state index in [2.05, 4.69) is 253 Å². The zero-order chi connectivity index (χ0) is 73.1. The SMILES string of the molecule is BrCc1cccc(CBr)c1.BrCc1cccc(C[P+](c2ccccc2)(c2ccccc2)c2ccccc2)c1.C=Cc1cccc(CBr)c1.C=Cc1cccc(COc2ccccc2/C=N\O)c1.C=Cc1cccc(COc2ccccc2C=O)c1.C=Cc1cccc(COc2ccccc2CN)c1.[Br-]. The highest BCUT2D eigenvalue weighted by atomic mass is 79.9. The number of carbonyl (C=O) groups is 1. The van der Waals surface area contributed by atoms with Crippen LogP contribution in [-0.2, 0) is 53.8 Å². The van der Waals surface area contributed by atoms with Crippen molar-refractivity contribution in [3.05, 3.63) is 419 Å². The molecule has 12 aromatic rings. The third kappa shape index (κ3) is 27.5. The number of hydrogen-bond donors (Lipinski definition) is 2. The third-order valence-electron chi connectivity index (χ3n) is 15.9. The van der Waals surface area contributed by atoms with E-state index in [4.69, 9.17) is 25.2 Å². The topological polar surface area (TPSA) is 103 Å². The molecule has 0 fully saturated rings. The van der Waals surface area contributed by atoms with Crippen LogP contribution in [0.15, 0.2) is 341 Å². The molecule has 0 saturated heterocycles. The molecule has 0 aliphatic rings. The summed E-state index contributed by atoms with van der Waals surface area (Å²) in [6, 6.07) is 105. The van der Waals surface area contributed by atoms with Gasteiger partial charge in [-0.15, -0.1) is 0 Å². The van der Waals surface area contributed by atoms with E-state index in [1.807, 2.05) is 152 Å². The van der Waals surface area contributed by atoms with E-state index < -0.39 is 7.26 Å². The van der Waals surface area contributed by atoms with E-state index >= 15 is 0 Å². The van der Waals surface area contributed by atoms with Crippen LogP contribution in [0.25, 0.3) is 24.3 Å². The third-order valence-corrected chi connectivity index (χ3v) is 22.9. The molecule has 7 nitrogen and oxygen atoms in total. The summed E-state index contributed by atoms with van der Waals surface area (Å²) in [6.45, 7) is 16.8. The number of para-hydroxylation sites is 3. The molecule has 3 N–H and O–H groups in total. The average Bonchev–Trinajstić information content (AvgIpc) is 0.752. The van der Waals surface area contributed by atoms with Gasteiger partial charge in [-0.25, -0.2) is 0 Å². The highest BCUT2D eigenvalue weighted by Gasteiger charge is 2.45. The van der Waals surface area contributed by atoms with Gasteiger partial charge in [-0.2, -0.15) is 0 Å². The lowest BCUT2D eigenvalue weighted by atomic mass is 10.1. The summed E-state index contributed by atoms with van der Waals surface area (Å²) in [5.74, 6) is 2.14. The molecule has 0 saturated carbocycles. The summed E-state index contributed by atoms with van der Waals surface area (Å²) in [7, 11) is -1.82. The molecule has 12 rings (SSSR count). The predicted molar refractivity (Wildman–Crippen MR) is 453 cm³/mol. The van der Waals surface area contributed by atoms with Gasteiger partial charge in [-0.1, -0.05) is 344 Å². The second-order valence-corrected chi connectivity index (χ2v) is 28.8. The van der Waals surface area contributed by atoms with E-state index in [9.17, 15) is 4.79 Å². The predicted octanol–water partition coefficient (Wildman–Crippen LogP) is 20.6. The lowest BCUT2D eigenvalue weighted by Crippen LogP contribution is -3.00. The van der Waals surface area contributed by atoms with Crippen LogP contribution >= 0.6 is 71.0 Å². The number of nitrogens with two attached hydrogens (primary N) is 1. The van der Waals surface area contributed by atoms with Crippen molar-refractivity contribution in [2.24, 2.45) is 10.9 Å². The van der Waals surface area contributed by atoms with Gasteiger partial charge in [0.1, 0.15) is 60.2 Å². The van der Waals surface area contributed by atoms with Crippen LogP contribution in [0.1, 0.15) is 88.2 Å². The molecule has 12 aromatic carbocycles. The fourth-order valence-corrected chi connectivity index (χ4v) is 16.3. The highest BCUT2D eigenvalue weighted by molar-refractivity contribution is 9.09. The fraction of sp³-hybridized carbons (Fsp3) is 0.0989. The number of halogens is 5. The van der Waals surface area contributed by atoms with Crippen LogP contribution in [0.2, 0.25) is 0 Å². The number of benzene rings is 12. The first-order valence-corrected chi connectivity index (χ1v) is 39.8. The number of rotatable bonds is 25. The van der Waals surface area contributed by atoms with Gasteiger partial charge >= 0.3 is 0 Å². The second-order valence-electron chi connectivity index (χ2n) is 23.1. The lowest BCUT2D eigenvalue weighted by Gasteiger charge is -2.28. The van der Waals surface area contributed by atoms with Gasteiger partial charge in [0.25, 0.3) is 0 Å². The van der Waals surface area contributed by atoms with Crippen LogP contribution in [0.4, 0.5) is 0 Å². The van der Waals surface area contributed by atoms with Gasteiger partial charge in [-0.3, -0.25) is 4.79 Å². The summed E-state index contributed by atoms with van der Waals surface area (Å²) in [5.41, 5.74) is 22.3. The first-order chi connectivity index (χ1) is 50.5. The fourth-order valence-electron chi connectivity index (χ4n) is 10.7. The maximum Gasteiger partial charge on any atom is 0.153 e. The van der Waals surface area contributed by atoms with Crippen LogP contribution < -0.4 is 52.8 Å². The summed E-state index contributed by atoms with van der Waals surface area (Å²) in [5, 5.41) is 19.6. The van der Waals surface area contributed by atoms with Gasteiger partial charge < -0.3 is 42.1 Å². The summed E-state index contributed by atoms with van der Waals surface area (Å²) < 4.78 is 17.2. The largest absolute Gasteiger partial charge is 1.00 e. The summed E-state index contributed by atoms with van der Waals surface area (Å²) in [4.78, 5) is 10.8. The van der Waals surface area contributed by atoms with Crippen molar-refractivity contribution in [2.75, 3.05) is 0 Å². The van der Waals surface area contributed by atoms with E-state index in [0.29, 0.717) is 43.4 Å². The Bertz CT molecular complexity index is 4460. The Morgan fingerprint density at radius 1 is 0.356 bits per heavy atom. The summed E-state index contributed by atoms with van der Waals surface area (Å²) in [6.07, 6.45) is 10.5. The van der Waals surface area contributed by atoms with Crippen LogP contribution in [0.5, 0.6) is 17.2 Å². The molecule has 530 valence electrons. The van der Waals surface area contributed by atoms with Gasteiger partial charge in [0.15, 0.2) is 6.29 Å². The molecule has 0 atom stereocenters. The molecule has 0 heterocycles. The minimum Gasteiger partial charge on any atom is -1.00 e. The molecule has 104 heavy (non-hydrogen) atoms. The highest BCUT2D eigenvalue weighted by Crippen LogP contribution is 2.58. The minimum atomic E-state index is -1.82. The number of ether oxygens (including phenoxy) is 3. The van der Waals surface area contributed by atoms with Crippen molar-refractivity contribution >= 4 is 124 Å². The van der Waals surface area contributed by atoms with Crippen LogP contribution in [0, 0.1) is 0 Å². The van der Waals surface area contributed by atoms with Gasteiger partial charge in [0.05, 0.1) is 17.9 Å². The smallest absolute Gasteiger partial charge is 0.153 e. The van der Waals surface area contributed by atoms with Crippen LogP contribution in [-0.4, -0.2) is 17.7 Å². The van der Waals surface area contributed by atoms with Crippen molar-refractivity contribution in [3.8, 4) is 17.2 Å². The molecule has 0 bridgehead atoms. The van der Waals surface area contributed by atoms with Gasteiger partial charge in [0, 0.05) is 39.0 Å². The number of nitrogens with zero attached hydrogens (tertiary/aromatic N) is 1. The maximum absolute atomic E-state index is 10.8. The van der Waals surface area contributed by atoms with E-state index in [1.165, 1.54) is 55.5 Å². The Morgan fingerprint density at radius 3 is 1.03 bits per heavy atom. The van der Waals surface area contributed by atoms with Crippen LogP contribution in [0.3, 0.4) is 0 Å². The van der Waals surface area contributed by atoms with Crippen molar-refractivity contribution in [1.82, 2.24) is 0 Å². The number of hydrogen-bond acceptors (Lipinski definition) is 7. The van der Waals surface area contributed by atoms with E-state index in [0.717, 1.165) is 84.0 Å². The standard InChI is InChI=1S/C26H23BrP.C16H15NO2.C16H17NO.C16H14O2.C9H9Br.C8H8Br2.BrH/c27-20-22-11-10-12-23(19-22)21-28(24-13-4-1-5-14-24,25-15-6-2-7-16-25)26-17-8-3-9-18-26;1-2-13-6-5-7-14(10-13)12-19-16-9-4-3-8-15(16)11-17-18;2*1-2-13-6-5-7-14(10-13)12-18-16-9-4-3-8-15(16)11-17;1-2-8-4-3-5-9(6-8)7-10;9-5-7-2-1-3-8(4-7)6-10;/h1-19H,20-21H2;2-11,18H,1,12H2;2-10H,1,11-12,17H2;2-11H,1,12H2;2-6H,1,7H2;1-4H,5-6H2;1H/q+1;;;;;;/p-1/b;17-11-;;;;;. The molecule has 13 heteroatoms. The zero-order valence-electron chi connectivity index (χ0n) is 58.0. The Labute approximate surface area is 660 Å². The van der Waals surface area contributed by atoms with Gasteiger partial charge in [0.2, 0.25) is 0 Å². The number of oxime groups is 1.